The third kappa shape index (κ3) is 2.34. The second-order valence-corrected chi connectivity index (χ2v) is 3.53. The third-order valence-electron chi connectivity index (χ3n) is 2.55. The van der Waals surface area contributed by atoms with Crippen molar-refractivity contribution in [3.05, 3.63) is 11.7 Å². The van der Waals surface area contributed by atoms with E-state index in [1.807, 2.05) is 13.8 Å². The maximum absolute atomic E-state index is 8.83. The molecule has 2 unspecified atom stereocenters. The number of ether oxygens (including phenoxy) is 1. The molecule has 0 radical (unpaired) electrons. The van der Waals surface area contributed by atoms with E-state index >= 15 is 0 Å². The van der Waals surface area contributed by atoms with Crippen molar-refractivity contribution in [3.63, 3.8) is 0 Å². The van der Waals surface area contributed by atoms with Gasteiger partial charge in [0.15, 0.2) is 0 Å². The average molecular weight is 215 g/mol. The van der Waals surface area contributed by atoms with Crippen LogP contribution in [-0.4, -0.2) is 29.0 Å². The zero-order valence-electron chi connectivity index (χ0n) is 9.23. The lowest BCUT2D eigenvalue weighted by Crippen LogP contribution is -2.25. The second kappa shape index (κ2) is 4.69. The van der Waals surface area contributed by atoms with Crippen molar-refractivity contribution in [2.24, 2.45) is 5.73 Å². The number of hydrogen-bond donors (Lipinski definition) is 2. The first-order valence-electron chi connectivity index (χ1n) is 4.83. The number of aliphatic hydroxyl groups is 1. The summed E-state index contributed by atoms with van der Waals surface area (Å²) in [6.45, 7) is 3.61. The van der Waals surface area contributed by atoms with E-state index in [1.54, 1.807) is 7.11 Å². The van der Waals surface area contributed by atoms with E-state index in [1.165, 1.54) is 0 Å². The van der Waals surface area contributed by atoms with Gasteiger partial charge in [-0.05, 0) is 13.3 Å². The van der Waals surface area contributed by atoms with Crippen molar-refractivity contribution < 1.29 is 14.4 Å². The fourth-order valence-electron chi connectivity index (χ4n) is 1.07. The summed E-state index contributed by atoms with van der Waals surface area (Å²) in [5.74, 6) is 0.677. The van der Waals surface area contributed by atoms with Gasteiger partial charge in [-0.3, -0.25) is 0 Å². The summed E-state index contributed by atoms with van der Waals surface area (Å²) in [6, 6.07) is -0.635. The van der Waals surface area contributed by atoms with Gasteiger partial charge in [0.2, 0.25) is 11.7 Å². The van der Waals surface area contributed by atoms with Crippen LogP contribution >= 0.6 is 0 Å². The van der Waals surface area contributed by atoms with Gasteiger partial charge in [-0.1, -0.05) is 12.1 Å². The fraction of sp³-hybridized carbons (Fsp3) is 0.778. The van der Waals surface area contributed by atoms with Crippen LogP contribution < -0.4 is 5.73 Å². The van der Waals surface area contributed by atoms with Crippen molar-refractivity contribution in [1.82, 2.24) is 10.1 Å². The molecular formula is C9H17N3O3. The minimum Gasteiger partial charge on any atom is -0.394 e. The number of nitrogens with two attached hydrogens (primary N) is 1. The van der Waals surface area contributed by atoms with Gasteiger partial charge < -0.3 is 20.1 Å². The first-order chi connectivity index (χ1) is 7.07. The van der Waals surface area contributed by atoms with Crippen molar-refractivity contribution in [2.45, 2.75) is 31.9 Å². The topological polar surface area (TPSA) is 94.4 Å². The maximum atomic E-state index is 8.83. The average Bonchev–Trinajstić information content (AvgIpc) is 2.76. The molecule has 1 aromatic heterocycles. The Balaban J connectivity index is 2.92. The monoisotopic (exact) mass is 215 g/mol. The van der Waals surface area contributed by atoms with E-state index < -0.39 is 11.6 Å². The van der Waals surface area contributed by atoms with E-state index in [0.717, 1.165) is 6.42 Å². The molecule has 0 saturated carbocycles. The zero-order chi connectivity index (χ0) is 11.5. The molecule has 1 rings (SSSR count). The molecule has 15 heavy (non-hydrogen) atoms. The van der Waals surface area contributed by atoms with Crippen LogP contribution in [0, 0.1) is 0 Å². The lowest BCUT2D eigenvalue weighted by Gasteiger charge is -2.21. The molecule has 6 nitrogen and oxygen atoms in total. The van der Waals surface area contributed by atoms with Crippen molar-refractivity contribution in [3.8, 4) is 0 Å². The first-order valence-corrected chi connectivity index (χ1v) is 4.83. The predicted octanol–water partition coefficient (Wildman–Crippen LogP) is 0.333. The normalized spacial score (nSPS) is 17.4. The number of methoxy groups -OCH3 is 1. The number of aliphatic hydroxyl groups excluding tert-OH is 1. The minimum atomic E-state index is -0.635. The van der Waals surface area contributed by atoms with E-state index in [0.29, 0.717) is 5.82 Å². The molecule has 3 N–H and O–H groups in total. The number of aromatic nitrogens is 2. The molecular weight excluding hydrogens is 198 g/mol. The highest BCUT2D eigenvalue weighted by molar-refractivity contribution is 5.00. The molecule has 0 aliphatic rings. The summed E-state index contributed by atoms with van der Waals surface area (Å²) in [5.41, 5.74) is 4.97. The molecule has 6 heteroatoms. The predicted molar refractivity (Wildman–Crippen MR) is 53.0 cm³/mol. The van der Waals surface area contributed by atoms with Gasteiger partial charge in [0, 0.05) is 7.11 Å². The number of rotatable bonds is 5. The Morgan fingerprint density at radius 1 is 1.67 bits per heavy atom. The largest absolute Gasteiger partial charge is 0.394 e. The summed E-state index contributed by atoms with van der Waals surface area (Å²) < 4.78 is 10.3. The van der Waals surface area contributed by atoms with Gasteiger partial charge in [-0.25, -0.2) is 0 Å². The summed E-state index contributed by atoms with van der Waals surface area (Å²) >= 11 is 0. The van der Waals surface area contributed by atoms with Crippen molar-refractivity contribution in [2.75, 3.05) is 13.7 Å². The highest BCUT2D eigenvalue weighted by Gasteiger charge is 2.30. The molecule has 0 aliphatic carbocycles. The van der Waals surface area contributed by atoms with Crippen LogP contribution in [0.3, 0.4) is 0 Å². The summed E-state index contributed by atoms with van der Waals surface area (Å²) in [4.78, 5) is 4.11. The SMILES string of the molecule is CCC(C)(OC)c1noc(C(N)CO)n1. The standard InChI is InChI=1S/C9H17N3O3/c1-4-9(2,14-3)8-11-7(15-12-8)6(10)5-13/h6,13H,4-5,10H2,1-3H3. The smallest absolute Gasteiger partial charge is 0.246 e. The molecule has 0 fully saturated rings. The molecule has 2 atom stereocenters. The van der Waals surface area contributed by atoms with Crippen LogP contribution in [0.25, 0.3) is 0 Å². The number of nitrogens with zero attached hydrogens (tertiary/aromatic N) is 2. The lowest BCUT2D eigenvalue weighted by atomic mass is 10.0. The fourth-order valence-corrected chi connectivity index (χ4v) is 1.07. The summed E-state index contributed by atoms with van der Waals surface area (Å²) in [6.07, 6.45) is 0.719. The van der Waals surface area contributed by atoms with Gasteiger partial charge >= 0.3 is 0 Å². The van der Waals surface area contributed by atoms with Crippen LogP contribution in [0.15, 0.2) is 4.52 Å². The molecule has 0 amide bonds. The van der Waals surface area contributed by atoms with Gasteiger partial charge in [0.1, 0.15) is 11.6 Å². The molecule has 0 aliphatic heterocycles. The summed E-state index contributed by atoms with van der Waals surface area (Å²) in [5, 5.41) is 12.6. The molecule has 0 spiro atoms. The van der Waals surface area contributed by atoms with Crippen molar-refractivity contribution >= 4 is 0 Å². The molecule has 86 valence electrons. The molecule has 1 heterocycles. The maximum Gasteiger partial charge on any atom is 0.246 e. The second-order valence-electron chi connectivity index (χ2n) is 3.53. The van der Waals surface area contributed by atoms with E-state index in [-0.39, 0.29) is 12.5 Å². The first kappa shape index (κ1) is 12.1. The van der Waals surface area contributed by atoms with Gasteiger partial charge in [-0.15, -0.1) is 0 Å². The van der Waals surface area contributed by atoms with Gasteiger partial charge in [0.25, 0.3) is 0 Å². The van der Waals surface area contributed by atoms with Crippen LogP contribution in [0.4, 0.5) is 0 Å². The van der Waals surface area contributed by atoms with E-state index in [9.17, 15) is 0 Å². The Kier molecular flexibility index (Phi) is 3.78. The van der Waals surface area contributed by atoms with Crippen molar-refractivity contribution in [1.29, 1.82) is 0 Å². The Morgan fingerprint density at radius 2 is 2.33 bits per heavy atom. The van der Waals surface area contributed by atoms with Crippen LogP contribution in [0.2, 0.25) is 0 Å². The lowest BCUT2D eigenvalue weighted by molar-refractivity contribution is -0.0106. The van der Waals surface area contributed by atoms with Gasteiger partial charge in [-0.2, -0.15) is 4.98 Å². The Bertz CT molecular complexity index is 309. The molecule has 0 aromatic carbocycles. The quantitative estimate of drug-likeness (QED) is 0.735. The van der Waals surface area contributed by atoms with Crippen LogP contribution in [-0.2, 0) is 10.3 Å². The van der Waals surface area contributed by atoms with E-state index in [4.69, 9.17) is 20.1 Å². The third-order valence-corrected chi connectivity index (χ3v) is 2.55. The molecule has 0 saturated heterocycles. The number of hydrogen-bond acceptors (Lipinski definition) is 6. The Hall–Kier alpha value is -0.980. The zero-order valence-corrected chi connectivity index (χ0v) is 9.23. The van der Waals surface area contributed by atoms with Crippen LogP contribution in [0.5, 0.6) is 0 Å². The highest BCUT2D eigenvalue weighted by atomic mass is 16.5. The highest BCUT2D eigenvalue weighted by Crippen LogP contribution is 2.26. The minimum absolute atomic E-state index is 0.225. The van der Waals surface area contributed by atoms with Crippen LogP contribution in [0.1, 0.15) is 38.0 Å². The Morgan fingerprint density at radius 3 is 2.80 bits per heavy atom. The Labute approximate surface area is 88.4 Å². The molecule has 0 bridgehead atoms. The summed E-state index contributed by atoms with van der Waals surface area (Å²) in [7, 11) is 1.59. The van der Waals surface area contributed by atoms with Gasteiger partial charge in [0.05, 0.1) is 6.61 Å². The molecule has 1 aromatic rings. The van der Waals surface area contributed by atoms with E-state index in [2.05, 4.69) is 10.1 Å².